The Bertz CT molecular complexity index is 465. The van der Waals surface area contributed by atoms with Gasteiger partial charge in [0.2, 0.25) is 5.91 Å². The van der Waals surface area contributed by atoms with Gasteiger partial charge in [-0.05, 0) is 37.5 Å². The maximum Gasteiger partial charge on any atom is 0.226 e. The van der Waals surface area contributed by atoms with Crippen LogP contribution in [-0.4, -0.2) is 36.5 Å². The van der Waals surface area contributed by atoms with E-state index < -0.39 is 0 Å². The molecule has 20 heavy (non-hydrogen) atoms. The van der Waals surface area contributed by atoms with Crippen LogP contribution in [0.1, 0.15) is 24.0 Å². The molecule has 1 aliphatic rings. The van der Waals surface area contributed by atoms with E-state index in [0.29, 0.717) is 19.6 Å². The Hall–Kier alpha value is -1.26. The highest BCUT2D eigenvalue weighted by atomic mass is 35.5. The second-order valence-corrected chi connectivity index (χ2v) is 5.19. The number of amides is 1. The van der Waals surface area contributed by atoms with Crippen molar-refractivity contribution in [2.75, 3.05) is 19.7 Å². The number of aryl methyl sites for hydroxylation is 1. The topological polar surface area (TPSA) is 55.6 Å². The lowest BCUT2D eigenvalue weighted by atomic mass is 10.1. The molecule has 1 heterocycles. The molecule has 0 aromatic heterocycles. The molecule has 0 spiro atoms. The lowest BCUT2D eigenvalue weighted by molar-refractivity contribution is -0.130. The minimum atomic E-state index is 0. The molecular weight excluding hydrogens is 276 g/mol. The van der Waals surface area contributed by atoms with E-state index in [1.807, 2.05) is 24.0 Å². The van der Waals surface area contributed by atoms with Crippen molar-refractivity contribution < 1.29 is 9.53 Å². The van der Waals surface area contributed by atoms with Crippen LogP contribution in [0.2, 0.25) is 0 Å². The lowest BCUT2D eigenvalue weighted by Crippen LogP contribution is -2.32. The van der Waals surface area contributed by atoms with Crippen molar-refractivity contribution in [3.05, 3.63) is 29.3 Å². The standard InChI is InChI=1S/C15H22N2O2.ClH/c1-11-4-3-5-14(12(11)2)19-9-7-15(18)17-8-6-13(16)10-17;/h3-5,13H,6-10,16H2,1-2H3;1H. The van der Waals surface area contributed by atoms with Gasteiger partial charge in [-0.15, -0.1) is 12.4 Å². The fourth-order valence-corrected chi connectivity index (χ4v) is 2.30. The first kappa shape index (κ1) is 16.8. The average Bonchev–Trinajstić information content (AvgIpc) is 2.81. The number of nitrogens with zero attached hydrogens (tertiary/aromatic N) is 1. The number of likely N-dealkylation sites (tertiary alicyclic amines) is 1. The van der Waals surface area contributed by atoms with Gasteiger partial charge in [0, 0.05) is 19.1 Å². The largest absolute Gasteiger partial charge is 0.493 e. The minimum Gasteiger partial charge on any atom is -0.493 e. The zero-order chi connectivity index (χ0) is 13.8. The summed E-state index contributed by atoms with van der Waals surface area (Å²) in [6.45, 7) is 5.98. The van der Waals surface area contributed by atoms with Gasteiger partial charge in [0.1, 0.15) is 5.75 Å². The predicted octanol–water partition coefficient (Wildman–Crippen LogP) is 2.05. The number of halogens is 1. The summed E-state index contributed by atoms with van der Waals surface area (Å²) in [4.78, 5) is 13.8. The normalized spacial score (nSPS) is 17.8. The number of hydrogen-bond donors (Lipinski definition) is 1. The maximum atomic E-state index is 11.9. The molecule has 1 saturated heterocycles. The monoisotopic (exact) mass is 298 g/mol. The number of benzene rings is 1. The molecule has 1 unspecified atom stereocenters. The summed E-state index contributed by atoms with van der Waals surface area (Å²) in [7, 11) is 0. The van der Waals surface area contributed by atoms with Gasteiger partial charge >= 0.3 is 0 Å². The third-order valence-electron chi connectivity index (χ3n) is 3.71. The van der Waals surface area contributed by atoms with Crippen LogP contribution in [0.4, 0.5) is 0 Å². The highest BCUT2D eigenvalue weighted by molar-refractivity contribution is 5.85. The van der Waals surface area contributed by atoms with Crippen LogP contribution in [0.25, 0.3) is 0 Å². The quantitative estimate of drug-likeness (QED) is 0.925. The summed E-state index contributed by atoms with van der Waals surface area (Å²) in [6.07, 6.45) is 1.32. The van der Waals surface area contributed by atoms with Crippen molar-refractivity contribution in [2.45, 2.75) is 32.7 Å². The summed E-state index contributed by atoms with van der Waals surface area (Å²) in [5, 5.41) is 0. The van der Waals surface area contributed by atoms with Crippen LogP contribution in [-0.2, 0) is 4.79 Å². The van der Waals surface area contributed by atoms with Crippen LogP contribution in [0.5, 0.6) is 5.75 Å². The molecule has 0 bridgehead atoms. The first-order valence-corrected chi connectivity index (χ1v) is 6.80. The molecule has 2 rings (SSSR count). The van der Waals surface area contributed by atoms with E-state index in [2.05, 4.69) is 13.0 Å². The zero-order valence-corrected chi connectivity index (χ0v) is 12.9. The molecule has 2 N–H and O–H groups in total. The Morgan fingerprint density at radius 3 is 2.85 bits per heavy atom. The highest BCUT2D eigenvalue weighted by Crippen LogP contribution is 2.20. The number of ether oxygens (including phenoxy) is 1. The van der Waals surface area contributed by atoms with Gasteiger partial charge in [-0.1, -0.05) is 12.1 Å². The Labute approximate surface area is 126 Å². The first-order chi connectivity index (χ1) is 9.08. The molecule has 1 aliphatic heterocycles. The summed E-state index contributed by atoms with van der Waals surface area (Å²) < 4.78 is 5.70. The van der Waals surface area contributed by atoms with Gasteiger partial charge in [-0.25, -0.2) is 0 Å². The number of rotatable bonds is 4. The molecule has 0 radical (unpaired) electrons. The van der Waals surface area contributed by atoms with E-state index in [1.54, 1.807) is 0 Å². The van der Waals surface area contributed by atoms with Gasteiger partial charge < -0.3 is 15.4 Å². The smallest absolute Gasteiger partial charge is 0.226 e. The Kier molecular flexibility index (Phi) is 6.30. The van der Waals surface area contributed by atoms with Crippen LogP contribution >= 0.6 is 12.4 Å². The second kappa shape index (κ2) is 7.50. The summed E-state index contributed by atoms with van der Waals surface area (Å²) >= 11 is 0. The van der Waals surface area contributed by atoms with Crippen molar-refractivity contribution in [1.29, 1.82) is 0 Å². The van der Waals surface area contributed by atoms with E-state index in [9.17, 15) is 4.79 Å². The Morgan fingerprint density at radius 2 is 2.20 bits per heavy atom. The molecule has 0 saturated carbocycles. The second-order valence-electron chi connectivity index (χ2n) is 5.19. The fourth-order valence-electron chi connectivity index (χ4n) is 2.30. The van der Waals surface area contributed by atoms with Gasteiger partial charge in [0.15, 0.2) is 0 Å². The van der Waals surface area contributed by atoms with Gasteiger partial charge in [0.25, 0.3) is 0 Å². The molecular formula is C15H23ClN2O2. The van der Waals surface area contributed by atoms with Gasteiger partial charge in [-0.2, -0.15) is 0 Å². The maximum absolute atomic E-state index is 11.9. The predicted molar refractivity (Wildman–Crippen MR) is 82.4 cm³/mol. The number of carbonyl (C=O) groups is 1. The van der Waals surface area contributed by atoms with Gasteiger partial charge in [-0.3, -0.25) is 4.79 Å². The molecule has 1 fully saturated rings. The van der Waals surface area contributed by atoms with Crippen LogP contribution in [0.3, 0.4) is 0 Å². The van der Waals surface area contributed by atoms with Crippen molar-refractivity contribution in [3.63, 3.8) is 0 Å². The van der Waals surface area contributed by atoms with E-state index in [-0.39, 0.29) is 24.4 Å². The summed E-state index contributed by atoms with van der Waals surface area (Å²) in [5.41, 5.74) is 8.13. The van der Waals surface area contributed by atoms with E-state index in [4.69, 9.17) is 10.5 Å². The highest BCUT2D eigenvalue weighted by Gasteiger charge is 2.23. The van der Waals surface area contributed by atoms with Crippen molar-refractivity contribution in [3.8, 4) is 5.75 Å². The van der Waals surface area contributed by atoms with Crippen molar-refractivity contribution >= 4 is 18.3 Å². The number of carbonyl (C=O) groups excluding carboxylic acids is 1. The minimum absolute atomic E-state index is 0. The molecule has 1 atom stereocenters. The zero-order valence-electron chi connectivity index (χ0n) is 12.1. The molecule has 1 aromatic rings. The van der Waals surface area contributed by atoms with E-state index in [1.165, 1.54) is 5.56 Å². The third kappa shape index (κ3) is 4.12. The SMILES string of the molecule is Cc1cccc(OCCC(=O)N2CCC(N)C2)c1C.Cl. The molecule has 1 amide bonds. The first-order valence-electron chi connectivity index (χ1n) is 6.80. The molecule has 4 nitrogen and oxygen atoms in total. The molecule has 5 heteroatoms. The molecule has 112 valence electrons. The van der Waals surface area contributed by atoms with Gasteiger partial charge in [0.05, 0.1) is 13.0 Å². The Balaban J connectivity index is 0.00000200. The van der Waals surface area contributed by atoms with Crippen LogP contribution in [0, 0.1) is 13.8 Å². The van der Waals surface area contributed by atoms with Crippen LogP contribution in [0.15, 0.2) is 18.2 Å². The van der Waals surface area contributed by atoms with E-state index >= 15 is 0 Å². The average molecular weight is 299 g/mol. The lowest BCUT2D eigenvalue weighted by Gasteiger charge is -2.16. The van der Waals surface area contributed by atoms with Crippen molar-refractivity contribution in [2.24, 2.45) is 5.73 Å². The fraction of sp³-hybridized carbons (Fsp3) is 0.533. The van der Waals surface area contributed by atoms with Crippen LogP contribution < -0.4 is 10.5 Å². The Morgan fingerprint density at radius 1 is 1.45 bits per heavy atom. The third-order valence-corrected chi connectivity index (χ3v) is 3.71. The molecule has 0 aliphatic carbocycles. The summed E-state index contributed by atoms with van der Waals surface area (Å²) in [5.74, 6) is 1.00. The number of nitrogens with two attached hydrogens (primary N) is 1. The molecule has 1 aromatic carbocycles. The number of hydrogen-bond acceptors (Lipinski definition) is 3. The van der Waals surface area contributed by atoms with E-state index in [0.717, 1.165) is 24.3 Å². The summed E-state index contributed by atoms with van der Waals surface area (Å²) in [6, 6.07) is 6.11. The van der Waals surface area contributed by atoms with Crippen molar-refractivity contribution in [1.82, 2.24) is 4.90 Å².